The molecule has 0 aliphatic carbocycles. The number of benzene rings is 1. The molecule has 0 heterocycles. The molecule has 0 aliphatic rings. The fourth-order valence-corrected chi connectivity index (χ4v) is 1.25. The molecule has 0 amide bonds. The van der Waals surface area contributed by atoms with Crippen LogP contribution in [-0.4, -0.2) is 4.92 Å². The quantitative estimate of drug-likeness (QED) is 0.617. The smallest absolute Gasteiger partial charge is 0.269 e. The lowest BCUT2D eigenvalue weighted by Gasteiger charge is -2.23. The normalized spacial score (nSPS) is 14.7. The van der Waals surface area contributed by atoms with Gasteiger partial charge in [0.15, 0.2) is 0 Å². The molecule has 0 spiro atoms. The van der Waals surface area contributed by atoms with Crippen LogP contribution in [0.5, 0.6) is 0 Å². The highest BCUT2D eigenvalue weighted by molar-refractivity contribution is 5.38. The van der Waals surface area contributed by atoms with Crippen molar-refractivity contribution < 1.29 is 9.31 Å². The van der Waals surface area contributed by atoms with Gasteiger partial charge in [0.25, 0.3) is 5.69 Å². The van der Waals surface area contributed by atoms with Crippen LogP contribution in [0, 0.1) is 15.9 Å². The first kappa shape index (κ1) is 11.6. The van der Waals surface area contributed by atoms with Gasteiger partial charge in [0.2, 0.25) is 0 Å². The Morgan fingerprint density at radius 3 is 2.67 bits per heavy atom. The highest BCUT2D eigenvalue weighted by Gasteiger charge is 2.24. The summed E-state index contributed by atoms with van der Waals surface area (Å²) >= 11 is 0. The SMILES string of the molecule is CC[C@](C)(N)c1cc([N+](=O)[O-])ccc1F. The van der Waals surface area contributed by atoms with E-state index in [0.717, 1.165) is 12.1 Å². The van der Waals surface area contributed by atoms with Gasteiger partial charge in [0, 0.05) is 23.2 Å². The van der Waals surface area contributed by atoms with Crippen molar-refractivity contribution in [1.29, 1.82) is 0 Å². The summed E-state index contributed by atoms with van der Waals surface area (Å²) in [7, 11) is 0. The maximum atomic E-state index is 13.4. The number of halogens is 1. The first-order chi connectivity index (χ1) is 6.88. The molecule has 1 aromatic rings. The second kappa shape index (κ2) is 3.94. The van der Waals surface area contributed by atoms with Gasteiger partial charge in [-0.3, -0.25) is 10.1 Å². The van der Waals surface area contributed by atoms with Crippen molar-refractivity contribution >= 4 is 5.69 Å². The molecule has 2 N–H and O–H groups in total. The van der Waals surface area contributed by atoms with Gasteiger partial charge in [-0.15, -0.1) is 0 Å². The van der Waals surface area contributed by atoms with Gasteiger partial charge in [0.05, 0.1) is 4.92 Å². The molecule has 0 unspecified atom stereocenters. The number of nitro groups is 1. The van der Waals surface area contributed by atoms with Gasteiger partial charge in [0.1, 0.15) is 5.82 Å². The zero-order valence-electron chi connectivity index (χ0n) is 8.66. The molecule has 0 aliphatic heterocycles. The summed E-state index contributed by atoms with van der Waals surface area (Å²) in [5.74, 6) is -0.507. The standard InChI is InChI=1S/C10H13FN2O2/c1-3-10(2,12)8-6-7(13(14)15)4-5-9(8)11/h4-6H,3,12H2,1-2H3/t10-/m0/s1. The number of non-ortho nitro benzene ring substituents is 1. The molecule has 0 saturated carbocycles. The zero-order chi connectivity index (χ0) is 11.6. The minimum Gasteiger partial charge on any atom is -0.322 e. The molecule has 15 heavy (non-hydrogen) atoms. The van der Waals surface area contributed by atoms with E-state index < -0.39 is 16.3 Å². The second-order valence-electron chi connectivity index (χ2n) is 3.69. The van der Waals surface area contributed by atoms with Gasteiger partial charge in [-0.2, -0.15) is 0 Å². The third-order valence-corrected chi connectivity index (χ3v) is 2.51. The summed E-state index contributed by atoms with van der Waals surface area (Å²) in [6.45, 7) is 3.45. The molecule has 0 radical (unpaired) electrons. The molecular weight excluding hydrogens is 199 g/mol. The van der Waals surface area contributed by atoms with Crippen molar-refractivity contribution in [2.75, 3.05) is 0 Å². The van der Waals surface area contributed by atoms with Crippen LogP contribution in [-0.2, 0) is 5.54 Å². The van der Waals surface area contributed by atoms with E-state index in [1.54, 1.807) is 13.8 Å². The van der Waals surface area contributed by atoms with Crippen LogP contribution < -0.4 is 5.73 Å². The average molecular weight is 212 g/mol. The molecule has 4 nitrogen and oxygen atoms in total. The molecule has 1 atom stereocenters. The Labute approximate surface area is 87.0 Å². The van der Waals surface area contributed by atoms with Gasteiger partial charge >= 0.3 is 0 Å². The van der Waals surface area contributed by atoms with E-state index in [9.17, 15) is 14.5 Å². The van der Waals surface area contributed by atoms with Crippen LogP contribution in [0.25, 0.3) is 0 Å². The van der Waals surface area contributed by atoms with Gasteiger partial charge < -0.3 is 5.73 Å². The summed E-state index contributed by atoms with van der Waals surface area (Å²) in [5, 5.41) is 10.5. The van der Waals surface area contributed by atoms with Gasteiger partial charge in [-0.05, 0) is 19.4 Å². The topological polar surface area (TPSA) is 69.2 Å². The van der Waals surface area contributed by atoms with Crippen molar-refractivity contribution in [2.24, 2.45) is 5.73 Å². The Hall–Kier alpha value is -1.49. The van der Waals surface area contributed by atoms with Crippen LogP contribution in [0.4, 0.5) is 10.1 Å². The minimum absolute atomic E-state index is 0.142. The van der Waals surface area contributed by atoms with Crippen molar-refractivity contribution in [3.8, 4) is 0 Å². The van der Waals surface area contributed by atoms with Crippen molar-refractivity contribution in [2.45, 2.75) is 25.8 Å². The minimum atomic E-state index is -0.879. The summed E-state index contributed by atoms with van der Waals surface area (Å²) in [4.78, 5) is 9.96. The lowest BCUT2D eigenvalue weighted by Crippen LogP contribution is -2.33. The Morgan fingerprint density at radius 2 is 2.20 bits per heavy atom. The van der Waals surface area contributed by atoms with Gasteiger partial charge in [-0.1, -0.05) is 6.92 Å². The summed E-state index contributed by atoms with van der Waals surface area (Å²) in [6.07, 6.45) is 0.505. The fraction of sp³-hybridized carbons (Fsp3) is 0.400. The summed E-state index contributed by atoms with van der Waals surface area (Å²) < 4.78 is 13.4. The van der Waals surface area contributed by atoms with E-state index in [4.69, 9.17) is 5.73 Å². The first-order valence-corrected chi connectivity index (χ1v) is 4.62. The van der Waals surface area contributed by atoms with E-state index in [2.05, 4.69) is 0 Å². The van der Waals surface area contributed by atoms with Crippen molar-refractivity contribution in [3.63, 3.8) is 0 Å². The molecule has 1 aromatic carbocycles. The number of nitrogens with zero attached hydrogens (tertiary/aromatic N) is 1. The number of nitro benzene ring substituents is 1. The highest BCUT2D eigenvalue weighted by Crippen LogP contribution is 2.27. The number of nitrogens with two attached hydrogens (primary N) is 1. The summed E-state index contributed by atoms with van der Waals surface area (Å²) in [5.41, 5.74) is 5.00. The van der Waals surface area contributed by atoms with Crippen molar-refractivity contribution in [3.05, 3.63) is 39.7 Å². The third kappa shape index (κ3) is 2.30. The summed E-state index contributed by atoms with van der Waals surface area (Å²) in [6, 6.07) is 3.40. The van der Waals surface area contributed by atoms with E-state index >= 15 is 0 Å². The zero-order valence-corrected chi connectivity index (χ0v) is 8.66. The molecule has 0 fully saturated rings. The Kier molecular flexibility index (Phi) is 3.04. The maximum Gasteiger partial charge on any atom is 0.269 e. The number of rotatable bonds is 3. The highest BCUT2D eigenvalue weighted by atomic mass is 19.1. The van der Waals surface area contributed by atoms with E-state index in [0.29, 0.717) is 6.42 Å². The Balaban J connectivity index is 3.28. The molecule has 0 bridgehead atoms. The van der Waals surface area contributed by atoms with Crippen LogP contribution in [0.2, 0.25) is 0 Å². The molecular formula is C10H13FN2O2. The third-order valence-electron chi connectivity index (χ3n) is 2.51. The van der Waals surface area contributed by atoms with Crippen LogP contribution in [0.15, 0.2) is 18.2 Å². The maximum absolute atomic E-state index is 13.4. The molecule has 82 valence electrons. The average Bonchev–Trinajstić information content (AvgIpc) is 2.17. The predicted octanol–water partition coefficient (Wildman–Crippen LogP) is 2.32. The lowest BCUT2D eigenvalue weighted by molar-refractivity contribution is -0.385. The Morgan fingerprint density at radius 1 is 1.60 bits per heavy atom. The largest absolute Gasteiger partial charge is 0.322 e. The van der Waals surface area contributed by atoms with Gasteiger partial charge in [-0.25, -0.2) is 4.39 Å². The van der Waals surface area contributed by atoms with Crippen LogP contribution >= 0.6 is 0 Å². The Bertz CT molecular complexity index is 391. The monoisotopic (exact) mass is 212 g/mol. The molecule has 1 rings (SSSR count). The molecule has 5 heteroatoms. The van der Waals surface area contributed by atoms with E-state index in [1.807, 2.05) is 0 Å². The molecule has 0 aromatic heterocycles. The van der Waals surface area contributed by atoms with E-state index in [1.165, 1.54) is 6.07 Å². The van der Waals surface area contributed by atoms with Crippen LogP contribution in [0.3, 0.4) is 0 Å². The predicted molar refractivity (Wildman–Crippen MR) is 54.9 cm³/mol. The second-order valence-corrected chi connectivity index (χ2v) is 3.69. The van der Waals surface area contributed by atoms with Crippen LogP contribution in [0.1, 0.15) is 25.8 Å². The lowest BCUT2D eigenvalue weighted by atomic mass is 9.90. The number of hydrogen-bond donors (Lipinski definition) is 1. The van der Waals surface area contributed by atoms with Crippen molar-refractivity contribution in [1.82, 2.24) is 0 Å². The number of hydrogen-bond acceptors (Lipinski definition) is 3. The fourth-order valence-electron chi connectivity index (χ4n) is 1.25. The molecule has 0 saturated heterocycles. The first-order valence-electron chi connectivity index (χ1n) is 4.62. The van der Waals surface area contributed by atoms with E-state index in [-0.39, 0.29) is 11.3 Å².